The minimum atomic E-state index is -0.959. The normalized spacial score (nSPS) is 14.4. The van der Waals surface area contributed by atoms with Gasteiger partial charge in [0.1, 0.15) is 4.83 Å². The van der Waals surface area contributed by atoms with E-state index in [-0.39, 0.29) is 16.4 Å². The summed E-state index contributed by atoms with van der Waals surface area (Å²) in [6.45, 7) is 0. The predicted octanol–water partition coefficient (Wildman–Crippen LogP) is 4.49. The highest BCUT2D eigenvalue weighted by Crippen LogP contribution is 2.35. The molecule has 0 saturated heterocycles. The number of nitrogens with zero attached hydrogens (tertiary/aromatic N) is 1. The van der Waals surface area contributed by atoms with Gasteiger partial charge in [-0.1, -0.05) is 17.7 Å². The molecule has 0 radical (unpaired) electrons. The van der Waals surface area contributed by atoms with E-state index in [9.17, 15) is 13.6 Å². The number of aromatic nitrogens is 2. The molecule has 1 N–H and O–H groups in total. The smallest absolute Gasteiger partial charge is 0.260 e. The van der Waals surface area contributed by atoms with E-state index >= 15 is 0 Å². The predicted molar refractivity (Wildman–Crippen MR) is 92.3 cm³/mol. The fraction of sp³-hybridized carbons (Fsp3) is 0.176. The topological polar surface area (TPSA) is 45.8 Å². The average Bonchev–Trinajstić information content (AvgIpc) is 3.11. The van der Waals surface area contributed by atoms with Crippen molar-refractivity contribution in [1.29, 1.82) is 0 Å². The van der Waals surface area contributed by atoms with E-state index in [1.807, 2.05) is 0 Å². The van der Waals surface area contributed by atoms with E-state index < -0.39 is 11.6 Å². The lowest BCUT2D eigenvalue weighted by atomic mass is 10.2. The number of H-pyrrole nitrogens is 1. The van der Waals surface area contributed by atoms with Crippen molar-refractivity contribution in [3.05, 3.63) is 62.0 Å². The second-order valence-electron chi connectivity index (χ2n) is 5.62. The minimum Gasteiger partial charge on any atom is -0.305 e. The molecule has 0 aliphatic heterocycles. The molecule has 1 aromatic carbocycles. The summed E-state index contributed by atoms with van der Waals surface area (Å²) in [5, 5.41) is 0.808. The Labute approximate surface area is 144 Å². The molecule has 2 aromatic heterocycles. The van der Waals surface area contributed by atoms with E-state index in [0.29, 0.717) is 15.8 Å². The highest BCUT2D eigenvalue weighted by molar-refractivity contribution is 7.18. The molecule has 24 heavy (non-hydrogen) atoms. The maximum Gasteiger partial charge on any atom is 0.260 e. The third-order valence-corrected chi connectivity index (χ3v) is 5.51. The number of rotatable bonds is 2. The van der Waals surface area contributed by atoms with Gasteiger partial charge >= 0.3 is 0 Å². The number of hydrogen-bond donors (Lipinski definition) is 1. The van der Waals surface area contributed by atoms with Gasteiger partial charge in [0.25, 0.3) is 5.56 Å². The summed E-state index contributed by atoms with van der Waals surface area (Å²) < 4.78 is 26.3. The van der Waals surface area contributed by atoms with Crippen LogP contribution in [0.2, 0.25) is 0 Å². The summed E-state index contributed by atoms with van der Waals surface area (Å²) in [6.07, 6.45) is 4.38. The van der Waals surface area contributed by atoms with Crippen LogP contribution in [0.25, 0.3) is 21.3 Å². The summed E-state index contributed by atoms with van der Waals surface area (Å²) in [7, 11) is 0. The SMILES string of the molecule is O=c1[nH]c(/C(Cl)=C/c2ccc(F)c(F)c2)nc2sc3c(c12)CCC3. The van der Waals surface area contributed by atoms with E-state index in [1.165, 1.54) is 28.4 Å². The van der Waals surface area contributed by atoms with Crippen LogP contribution in [0.4, 0.5) is 8.78 Å². The molecule has 0 amide bonds. The van der Waals surface area contributed by atoms with Crippen molar-refractivity contribution in [2.75, 3.05) is 0 Å². The fourth-order valence-electron chi connectivity index (χ4n) is 2.93. The Morgan fingerprint density at radius 3 is 2.92 bits per heavy atom. The summed E-state index contributed by atoms with van der Waals surface area (Å²) in [5.74, 6) is -1.66. The Hall–Kier alpha value is -2.05. The monoisotopic (exact) mass is 364 g/mol. The molecule has 4 rings (SSSR count). The number of aryl methyl sites for hydroxylation is 2. The number of benzene rings is 1. The molecular weight excluding hydrogens is 354 g/mol. The molecule has 0 unspecified atom stereocenters. The zero-order chi connectivity index (χ0) is 16.8. The molecule has 3 nitrogen and oxygen atoms in total. The Bertz CT molecular complexity index is 1050. The summed E-state index contributed by atoms with van der Waals surface area (Å²) in [5.41, 5.74) is 1.26. The zero-order valence-electron chi connectivity index (χ0n) is 12.3. The molecule has 0 saturated carbocycles. The third kappa shape index (κ3) is 2.56. The maximum absolute atomic E-state index is 13.3. The van der Waals surface area contributed by atoms with E-state index in [0.717, 1.165) is 37.0 Å². The number of nitrogens with one attached hydrogen (secondary N) is 1. The van der Waals surface area contributed by atoms with Crippen LogP contribution in [0.15, 0.2) is 23.0 Å². The second kappa shape index (κ2) is 5.79. The highest BCUT2D eigenvalue weighted by atomic mass is 35.5. The molecule has 7 heteroatoms. The number of thiophene rings is 1. The molecule has 1 aliphatic carbocycles. The van der Waals surface area contributed by atoms with E-state index in [4.69, 9.17) is 11.6 Å². The van der Waals surface area contributed by atoms with Crippen molar-refractivity contribution >= 4 is 44.3 Å². The molecular formula is C17H11ClF2N2OS. The quantitative estimate of drug-likeness (QED) is 0.728. The Morgan fingerprint density at radius 1 is 1.29 bits per heavy atom. The third-order valence-electron chi connectivity index (χ3n) is 4.04. The van der Waals surface area contributed by atoms with Crippen LogP contribution in [-0.2, 0) is 12.8 Å². The van der Waals surface area contributed by atoms with Crippen molar-refractivity contribution in [3.63, 3.8) is 0 Å². The molecule has 1 aliphatic rings. The van der Waals surface area contributed by atoms with Crippen molar-refractivity contribution in [2.45, 2.75) is 19.3 Å². The van der Waals surface area contributed by atoms with Gasteiger partial charge in [-0.3, -0.25) is 4.79 Å². The van der Waals surface area contributed by atoms with Gasteiger partial charge < -0.3 is 4.98 Å². The van der Waals surface area contributed by atoms with E-state index in [1.54, 1.807) is 0 Å². The first-order valence-electron chi connectivity index (χ1n) is 7.40. The molecule has 0 bridgehead atoms. The van der Waals surface area contributed by atoms with Crippen molar-refractivity contribution in [1.82, 2.24) is 9.97 Å². The van der Waals surface area contributed by atoms with Crippen LogP contribution in [0.3, 0.4) is 0 Å². The molecule has 2 heterocycles. The minimum absolute atomic E-state index is 0.161. The molecule has 122 valence electrons. The first-order chi connectivity index (χ1) is 11.5. The molecule has 0 atom stereocenters. The summed E-state index contributed by atoms with van der Waals surface area (Å²) in [6, 6.07) is 3.46. The number of fused-ring (bicyclic) bond motifs is 3. The highest BCUT2D eigenvalue weighted by Gasteiger charge is 2.21. The Kier molecular flexibility index (Phi) is 3.73. The lowest BCUT2D eigenvalue weighted by molar-refractivity contribution is 0.508. The summed E-state index contributed by atoms with van der Waals surface area (Å²) in [4.78, 5) is 21.4. The van der Waals surface area contributed by atoms with Crippen LogP contribution in [-0.4, -0.2) is 9.97 Å². The van der Waals surface area contributed by atoms with Gasteiger partial charge in [0.15, 0.2) is 17.5 Å². The standard InChI is InChI=1S/C17H11ClF2N2OS/c18-10(6-8-4-5-11(19)12(20)7-8)15-21-16(23)14-9-2-1-3-13(9)24-17(14)22-15/h4-7H,1-3H2,(H,21,22,23)/b10-6-. The number of halogens is 3. The Balaban J connectivity index is 1.79. The molecule has 0 spiro atoms. The second-order valence-corrected chi connectivity index (χ2v) is 7.11. The van der Waals surface area contributed by atoms with Crippen LogP contribution in [0, 0.1) is 11.6 Å². The maximum atomic E-state index is 13.3. The van der Waals surface area contributed by atoms with Gasteiger partial charge in [-0.25, -0.2) is 13.8 Å². The fourth-order valence-corrected chi connectivity index (χ4v) is 4.41. The van der Waals surface area contributed by atoms with Crippen LogP contribution < -0.4 is 5.56 Å². The lowest BCUT2D eigenvalue weighted by Crippen LogP contribution is -2.10. The van der Waals surface area contributed by atoms with Crippen molar-refractivity contribution < 1.29 is 8.78 Å². The zero-order valence-corrected chi connectivity index (χ0v) is 13.9. The van der Waals surface area contributed by atoms with E-state index in [2.05, 4.69) is 9.97 Å². The lowest BCUT2D eigenvalue weighted by Gasteiger charge is -2.01. The van der Waals surface area contributed by atoms with Gasteiger partial charge in [-0.15, -0.1) is 11.3 Å². The van der Waals surface area contributed by atoms with Crippen molar-refractivity contribution in [3.8, 4) is 0 Å². The number of aromatic amines is 1. The summed E-state index contributed by atoms with van der Waals surface area (Å²) >= 11 is 7.73. The molecule has 3 aromatic rings. The first kappa shape index (κ1) is 15.5. The van der Waals surface area contributed by atoms with Crippen LogP contribution in [0.1, 0.15) is 28.2 Å². The van der Waals surface area contributed by atoms with Gasteiger partial charge in [0.05, 0.1) is 10.4 Å². The number of hydrogen-bond acceptors (Lipinski definition) is 3. The van der Waals surface area contributed by atoms with Crippen LogP contribution in [0.5, 0.6) is 0 Å². The first-order valence-corrected chi connectivity index (χ1v) is 8.59. The van der Waals surface area contributed by atoms with Gasteiger partial charge in [0, 0.05) is 4.88 Å². The molecule has 0 fully saturated rings. The van der Waals surface area contributed by atoms with Crippen LogP contribution >= 0.6 is 22.9 Å². The van der Waals surface area contributed by atoms with Gasteiger partial charge in [-0.05, 0) is 48.6 Å². The Morgan fingerprint density at radius 2 is 2.12 bits per heavy atom. The average molecular weight is 365 g/mol. The van der Waals surface area contributed by atoms with Gasteiger partial charge in [-0.2, -0.15) is 0 Å². The van der Waals surface area contributed by atoms with Gasteiger partial charge in [0.2, 0.25) is 0 Å². The van der Waals surface area contributed by atoms with Crippen molar-refractivity contribution in [2.24, 2.45) is 0 Å². The largest absolute Gasteiger partial charge is 0.305 e.